The monoisotopic (exact) mass is 347 g/mol. The highest BCUT2D eigenvalue weighted by molar-refractivity contribution is 6.29. The van der Waals surface area contributed by atoms with Gasteiger partial charge in [0.05, 0.1) is 11.7 Å². The van der Waals surface area contributed by atoms with Gasteiger partial charge in [-0.25, -0.2) is 4.98 Å². The van der Waals surface area contributed by atoms with E-state index < -0.39 is 6.10 Å². The number of hydrogen-bond donors (Lipinski definition) is 3. The molecule has 2 unspecified atom stereocenters. The zero-order valence-corrected chi connectivity index (χ0v) is 14.1. The minimum Gasteiger partial charge on any atom is -0.478 e. The van der Waals surface area contributed by atoms with Crippen molar-refractivity contribution in [3.05, 3.63) is 35.0 Å². The third-order valence-corrected chi connectivity index (χ3v) is 3.97. The van der Waals surface area contributed by atoms with Crippen LogP contribution in [0.15, 0.2) is 24.3 Å². The van der Waals surface area contributed by atoms with Crippen LogP contribution in [0, 0.1) is 0 Å². The number of nitrogens with one attached hydrogen (secondary N) is 2. The van der Waals surface area contributed by atoms with Gasteiger partial charge >= 0.3 is 0 Å². The maximum Gasteiger partial charge on any atom is 0.265 e. The number of carbonyl (C=O) groups excluding carboxylic acids is 1. The second kappa shape index (κ2) is 6.52. The molecule has 4 N–H and O–H groups in total. The van der Waals surface area contributed by atoms with E-state index in [2.05, 4.69) is 20.6 Å². The number of rotatable bonds is 4. The summed E-state index contributed by atoms with van der Waals surface area (Å²) in [5.74, 6) is 1.20. The predicted molar refractivity (Wildman–Crippen MR) is 93.3 cm³/mol. The van der Waals surface area contributed by atoms with Gasteiger partial charge in [0.1, 0.15) is 16.7 Å². The van der Waals surface area contributed by atoms with Crippen LogP contribution in [0.1, 0.15) is 31.9 Å². The van der Waals surface area contributed by atoms with E-state index in [0.29, 0.717) is 23.7 Å². The van der Waals surface area contributed by atoms with Crippen LogP contribution in [0.3, 0.4) is 0 Å². The van der Waals surface area contributed by atoms with Crippen molar-refractivity contribution < 1.29 is 9.53 Å². The lowest BCUT2D eigenvalue weighted by atomic mass is 10.1. The highest BCUT2D eigenvalue weighted by Gasteiger charge is 2.26. The molecule has 2 heterocycles. The van der Waals surface area contributed by atoms with Gasteiger partial charge in [0.25, 0.3) is 5.91 Å². The topological polar surface area (TPSA) is 102 Å². The van der Waals surface area contributed by atoms with Gasteiger partial charge in [0.2, 0.25) is 5.95 Å². The van der Waals surface area contributed by atoms with E-state index in [0.717, 1.165) is 5.56 Å². The summed E-state index contributed by atoms with van der Waals surface area (Å²) in [7, 11) is 0. The molecule has 0 fully saturated rings. The molecule has 8 heteroatoms. The third-order valence-electron chi connectivity index (χ3n) is 3.77. The van der Waals surface area contributed by atoms with Gasteiger partial charge in [-0.1, -0.05) is 24.6 Å². The Morgan fingerprint density at radius 3 is 2.92 bits per heavy atom. The van der Waals surface area contributed by atoms with Crippen molar-refractivity contribution in [2.24, 2.45) is 0 Å². The number of ether oxygens (including phenoxy) is 1. The lowest BCUT2D eigenvalue weighted by molar-refractivity contribution is -0.123. The summed E-state index contributed by atoms with van der Waals surface area (Å²) >= 11 is 5.89. The Labute approximate surface area is 144 Å². The average Bonchev–Trinajstić information content (AvgIpc) is 2.52. The number of amides is 1. The summed E-state index contributed by atoms with van der Waals surface area (Å²) in [6.45, 7) is 3.89. The molecule has 1 aliphatic heterocycles. The van der Waals surface area contributed by atoms with E-state index in [1.54, 1.807) is 6.07 Å². The number of nitrogen functional groups attached to an aromatic ring is 1. The number of anilines is 3. The van der Waals surface area contributed by atoms with E-state index in [4.69, 9.17) is 22.1 Å². The van der Waals surface area contributed by atoms with Crippen LogP contribution in [0.4, 0.5) is 17.5 Å². The summed E-state index contributed by atoms with van der Waals surface area (Å²) in [4.78, 5) is 19.8. The number of benzene rings is 1. The maximum atomic E-state index is 11.8. The van der Waals surface area contributed by atoms with E-state index >= 15 is 0 Å². The first-order valence-corrected chi connectivity index (χ1v) is 8.02. The zero-order chi connectivity index (χ0) is 17.3. The van der Waals surface area contributed by atoms with Crippen LogP contribution in [0.2, 0.25) is 5.15 Å². The summed E-state index contributed by atoms with van der Waals surface area (Å²) in [6.07, 6.45) is 0.152. The van der Waals surface area contributed by atoms with Crippen molar-refractivity contribution >= 4 is 35.0 Å². The SMILES string of the molecule is CCC1Oc2cc(C(C)Nc3cc(Cl)nc(N)n3)ccc2NC1=O. The molecule has 2 atom stereocenters. The number of hydrogen-bond acceptors (Lipinski definition) is 6. The van der Waals surface area contributed by atoms with Crippen LogP contribution in [0.25, 0.3) is 0 Å². The van der Waals surface area contributed by atoms with Crippen molar-refractivity contribution in [3.63, 3.8) is 0 Å². The fourth-order valence-corrected chi connectivity index (χ4v) is 2.70. The lowest BCUT2D eigenvalue weighted by Crippen LogP contribution is -2.36. The first kappa shape index (κ1) is 16.3. The maximum absolute atomic E-state index is 11.8. The summed E-state index contributed by atoms with van der Waals surface area (Å²) in [6, 6.07) is 7.19. The molecule has 0 aliphatic carbocycles. The second-order valence-corrected chi connectivity index (χ2v) is 5.95. The number of aromatic nitrogens is 2. The van der Waals surface area contributed by atoms with Crippen molar-refractivity contribution in [2.75, 3.05) is 16.4 Å². The van der Waals surface area contributed by atoms with Crippen molar-refractivity contribution in [1.29, 1.82) is 0 Å². The van der Waals surface area contributed by atoms with Gasteiger partial charge in [-0.15, -0.1) is 0 Å². The van der Waals surface area contributed by atoms with E-state index in [1.807, 2.05) is 32.0 Å². The standard InChI is InChI=1S/C16H18ClN5O2/c1-3-11-15(23)20-10-5-4-9(6-12(10)24-11)8(2)19-14-7-13(17)21-16(18)22-14/h4-8,11H,3H2,1-2H3,(H,20,23)(H3,18,19,21,22). The quantitative estimate of drug-likeness (QED) is 0.735. The molecule has 24 heavy (non-hydrogen) atoms. The van der Waals surface area contributed by atoms with E-state index in [9.17, 15) is 4.79 Å². The Kier molecular flexibility index (Phi) is 4.44. The van der Waals surface area contributed by atoms with Gasteiger partial charge in [0, 0.05) is 6.07 Å². The first-order valence-electron chi connectivity index (χ1n) is 7.64. The Bertz CT molecular complexity index is 763. The van der Waals surface area contributed by atoms with Gasteiger partial charge < -0.3 is 21.1 Å². The number of carbonyl (C=O) groups is 1. The van der Waals surface area contributed by atoms with Crippen LogP contribution in [-0.4, -0.2) is 22.0 Å². The molecular weight excluding hydrogens is 330 g/mol. The fourth-order valence-electron chi connectivity index (χ4n) is 2.51. The molecule has 1 aromatic heterocycles. The Morgan fingerprint density at radius 2 is 2.21 bits per heavy atom. The second-order valence-electron chi connectivity index (χ2n) is 5.56. The minimum absolute atomic E-state index is 0.0676. The zero-order valence-electron chi connectivity index (χ0n) is 13.3. The number of nitrogens with two attached hydrogens (primary N) is 1. The Balaban J connectivity index is 1.81. The van der Waals surface area contributed by atoms with E-state index in [1.165, 1.54) is 0 Å². The highest BCUT2D eigenvalue weighted by atomic mass is 35.5. The van der Waals surface area contributed by atoms with Gasteiger partial charge in [-0.05, 0) is 31.0 Å². The van der Waals surface area contributed by atoms with Crippen LogP contribution in [0.5, 0.6) is 5.75 Å². The van der Waals surface area contributed by atoms with Crippen molar-refractivity contribution in [2.45, 2.75) is 32.4 Å². The molecule has 0 saturated carbocycles. The Morgan fingerprint density at radius 1 is 1.42 bits per heavy atom. The largest absolute Gasteiger partial charge is 0.478 e. The minimum atomic E-state index is -0.462. The van der Waals surface area contributed by atoms with Gasteiger partial charge in [-0.2, -0.15) is 4.98 Å². The first-order chi connectivity index (χ1) is 11.5. The van der Waals surface area contributed by atoms with E-state index in [-0.39, 0.29) is 23.1 Å². The lowest BCUT2D eigenvalue weighted by Gasteiger charge is -2.26. The molecule has 0 spiro atoms. The predicted octanol–water partition coefficient (Wildman–Crippen LogP) is 2.99. The van der Waals surface area contributed by atoms with Crippen LogP contribution >= 0.6 is 11.6 Å². The van der Waals surface area contributed by atoms with Crippen molar-refractivity contribution in [3.8, 4) is 5.75 Å². The number of nitrogens with zero attached hydrogens (tertiary/aromatic N) is 2. The summed E-state index contributed by atoms with van der Waals surface area (Å²) < 4.78 is 5.77. The molecule has 3 rings (SSSR count). The molecular formula is C16H18ClN5O2. The normalized spacial score (nSPS) is 17.5. The molecule has 0 bridgehead atoms. The van der Waals surface area contributed by atoms with Gasteiger partial charge in [-0.3, -0.25) is 4.79 Å². The molecule has 126 valence electrons. The average molecular weight is 348 g/mol. The molecule has 2 aromatic rings. The number of halogens is 1. The molecule has 1 aromatic carbocycles. The molecule has 0 saturated heterocycles. The third kappa shape index (κ3) is 3.35. The highest BCUT2D eigenvalue weighted by Crippen LogP contribution is 2.33. The summed E-state index contributed by atoms with van der Waals surface area (Å²) in [5.41, 5.74) is 7.26. The van der Waals surface area contributed by atoms with Gasteiger partial charge in [0.15, 0.2) is 6.10 Å². The summed E-state index contributed by atoms with van der Waals surface area (Å²) in [5, 5.41) is 6.35. The van der Waals surface area contributed by atoms with Crippen LogP contribution in [-0.2, 0) is 4.79 Å². The smallest absolute Gasteiger partial charge is 0.265 e. The fraction of sp³-hybridized carbons (Fsp3) is 0.312. The molecule has 7 nitrogen and oxygen atoms in total. The van der Waals surface area contributed by atoms with Crippen molar-refractivity contribution in [1.82, 2.24) is 9.97 Å². The number of fused-ring (bicyclic) bond motifs is 1. The Hall–Kier alpha value is -2.54. The molecule has 1 aliphatic rings. The van der Waals surface area contributed by atoms with Crippen LogP contribution < -0.4 is 21.1 Å². The molecule has 0 radical (unpaired) electrons. The molecule has 1 amide bonds.